The Hall–Kier alpha value is -0.0800. The summed E-state index contributed by atoms with van der Waals surface area (Å²) in [5.74, 6) is 0. The molecule has 96 valence electrons. The summed E-state index contributed by atoms with van der Waals surface area (Å²) in [6.07, 6.45) is 4.54. The lowest BCUT2D eigenvalue weighted by atomic mass is 9.58. The van der Waals surface area contributed by atoms with Crippen molar-refractivity contribution in [3.8, 4) is 0 Å². The first-order chi connectivity index (χ1) is 7.24. The molecular formula is C14H29NO. The molecule has 1 rings (SSSR count). The van der Waals surface area contributed by atoms with Gasteiger partial charge in [-0.25, -0.2) is 0 Å². The van der Waals surface area contributed by atoms with E-state index in [9.17, 15) is 5.11 Å². The summed E-state index contributed by atoms with van der Waals surface area (Å²) < 4.78 is 0. The Labute approximate surface area is 101 Å². The van der Waals surface area contributed by atoms with Gasteiger partial charge in [-0.05, 0) is 43.1 Å². The van der Waals surface area contributed by atoms with E-state index in [1.165, 1.54) is 6.42 Å². The summed E-state index contributed by atoms with van der Waals surface area (Å²) in [6, 6.07) is 0. The van der Waals surface area contributed by atoms with Gasteiger partial charge >= 0.3 is 0 Å². The molecule has 1 fully saturated rings. The fourth-order valence-electron chi connectivity index (χ4n) is 4.00. The molecular weight excluding hydrogens is 198 g/mol. The second kappa shape index (κ2) is 4.66. The molecule has 2 nitrogen and oxygen atoms in total. The first-order valence-corrected chi connectivity index (χ1v) is 6.60. The summed E-state index contributed by atoms with van der Waals surface area (Å²) in [7, 11) is 0. The molecule has 0 unspecified atom stereocenters. The van der Waals surface area contributed by atoms with Gasteiger partial charge in [0.15, 0.2) is 0 Å². The third kappa shape index (κ3) is 3.46. The van der Waals surface area contributed by atoms with Crippen molar-refractivity contribution in [1.82, 2.24) is 5.32 Å². The molecule has 1 saturated carbocycles. The Kier molecular flexibility index (Phi) is 4.07. The molecule has 1 aliphatic carbocycles. The van der Waals surface area contributed by atoms with Gasteiger partial charge in [-0.2, -0.15) is 0 Å². The summed E-state index contributed by atoms with van der Waals surface area (Å²) in [6.45, 7) is 12.7. The topological polar surface area (TPSA) is 32.3 Å². The van der Waals surface area contributed by atoms with Gasteiger partial charge in [-0.3, -0.25) is 0 Å². The van der Waals surface area contributed by atoms with Gasteiger partial charge in [-0.15, -0.1) is 0 Å². The lowest BCUT2D eigenvalue weighted by Gasteiger charge is -2.52. The van der Waals surface area contributed by atoms with Gasteiger partial charge in [-0.1, -0.05) is 34.6 Å². The van der Waals surface area contributed by atoms with E-state index < -0.39 is 0 Å². The number of aliphatic hydroxyl groups is 1. The standard InChI is InChI=1S/C14H29NO/c1-6-7-15-14(11-16)9-12(2,3)8-13(4,5)10-14/h15-16H,6-11H2,1-5H3. The van der Waals surface area contributed by atoms with Gasteiger partial charge in [0.2, 0.25) is 0 Å². The van der Waals surface area contributed by atoms with Crippen molar-refractivity contribution < 1.29 is 5.11 Å². The van der Waals surface area contributed by atoms with Crippen LogP contribution in [0, 0.1) is 10.8 Å². The SMILES string of the molecule is CCCNC1(CO)CC(C)(C)CC(C)(C)C1. The Balaban J connectivity index is 2.83. The highest BCUT2D eigenvalue weighted by molar-refractivity contribution is 5.02. The molecule has 2 heteroatoms. The number of aliphatic hydroxyl groups excluding tert-OH is 1. The van der Waals surface area contributed by atoms with Crippen LogP contribution in [0.3, 0.4) is 0 Å². The zero-order valence-electron chi connectivity index (χ0n) is 11.7. The Morgan fingerprint density at radius 1 is 1.00 bits per heavy atom. The zero-order chi connectivity index (χ0) is 12.4. The average Bonchev–Trinajstić information content (AvgIpc) is 2.10. The van der Waals surface area contributed by atoms with E-state index in [1.807, 2.05) is 0 Å². The Morgan fingerprint density at radius 2 is 1.50 bits per heavy atom. The first-order valence-electron chi connectivity index (χ1n) is 6.60. The number of nitrogens with one attached hydrogen (secondary N) is 1. The maximum absolute atomic E-state index is 9.77. The van der Waals surface area contributed by atoms with E-state index in [4.69, 9.17) is 0 Å². The number of hydrogen-bond acceptors (Lipinski definition) is 2. The molecule has 1 aliphatic rings. The summed E-state index contributed by atoms with van der Waals surface area (Å²) in [5.41, 5.74) is 0.595. The fourth-order valence-corrected chi connectivity index (χ4v) is 4.00. The minimum atomic E-state index is -0.0543. The van der Waals surface area contributed by atoms with Crippen LogP contribution in [0.4, 0.5) is 0 Å². The van der Waals surface area contributed by atoms with E-state index in [-0.39, 0.29) is 12.1 Å². The Morgan fingerprint density at radius 3 is 1.88 bits per heavy atom. The molecule has 0 aromatic rings. The zero-order valence-corrected chi connectivity index (χ0v) is 11.7. The Bertz CT molecular complexity index is 217. The van der Waals surface area contributed by atoms with E-state index in [0.717, 1.165) is 25.8 Å². The van der Waals surface area contributed by atoms with E-state index in [1.54, 1.807) is 0 Å². The van der Waals surface area contributed by atoms with Crippen LogP contribution in [0.25, 0.3) is 0 Å². The first kappa shape index (κ1) is 14.0. The monoisotopic (exact) mass is 227 g/mol. The molecule has 0 spiro atoms. The highest BCUT2D eigenvalue weighted by Crippen LogP contribution is 2.49. The van der Waals surface area contributed by atoms with Crippen LogP contribution in [0.5, 0.6) is 0 Å². The van der Waals surface area contributed by atoms with Gasteiger partial charge in [0.25, 0.3) is 0 Å². The van der Waals surface area contributed by atoms with Crippen LogP contribution in [0.15, 0.2) is 0 Å². The van der Waals surface area contributed by atoms with Crippen LogP contribution in [-0.2, 0) is 0 Å². The normalized spacial score (nSPS) is 26.6. The minimum absolute atomic E-state index is 0.0543. The second-order valence-corrected chi connectivity index (χ2v) is 7.22. The molecule has 0 bridgehead atoms. The average molecular weight is 227 g/mol. The van der Waals surface area contributed by atoms with Crippen molar-refractivity contribution in [2.45, 2.75) is 65.8 Å². The number of hydrogen-bond donors (Lipinski definition) is 2. The van der Waals surface area contributed by atoms with Crippen LogP contribution >= 0.6 is 0 Å². The quantitative estimate of drug-likeness (QED) is 0.774. The summed E-state index contributed by atoms with van der Waals surface area (Å²) in [5, 5.41) is 13.4. The smallest absolute Gasteiger partial charge is 0.0613 e. The van der Waals surface area contributed by atoms with E-state index in [0.29, 0.717) is 10.8 Å². The van der Waals surface area contributed by atoms with Gasteiger partial charge < -0.3 is 10.4 Å². The summed E-state index contributed by atoms with van der Waals surface area (Å²) >= 11 is 0. The van der Waals surface area contributed by atoms with Gasteiger partial charge in [0.05, 0.1) is 6.61 Å². The molecule has 0 aromatic carbocycles. The predicted octanol–water partition coefficient (Wildman–Crippen LogP) is 2.95. The summed E-state index contributed by atoms with van der Waals surface area (Å²) in [4.78, 5) is 0. The maximum atomic E-state index is 9.77. The van der Waals surface area contributed by atoms with Crippen molar-refractivity contribution in [3.63, 3.8) is 0 Å². The molecule has 0 saturated heterocycles. The highest BCUT2D eigenvalue weighted by Gasteiger charge is 2.46. The lowest BCUT2D eigenvalue weighted by molar-refractivity contribution is -0.00282. The maximum Gasteiger partial charge on any atom is 0.0613 e. The van der Waals surface area contributed by atoms with Crippen LogP contribution in [-0.4, -0.2) is 23.8 Å². The molecule has 0 amide bonds. The van der Waals surface area contributed by atoms with Gasteiger partial charge in [0.1, 0.15) is 0 Å². The van der Waals surface area contributed by atoms with E-state index >= 15 is 0 Å². The largest absolute Gasteiger partial charge is 0.394 e. The lowest BCUT2D eigenvalue weighted by Crippen LogP contribution is -2.57. The molecule has 16 heavy (non-hydrogen) atoms. The van der Waals surface area contributed by atoms with E-state index in [2.05, 4.69) is 39.9 Å². The van der Waals surface area contributed by atoms with Crippen molar-refractivity contribution >= 4 is 0 Å². The van der Waals surface area contributed by atoms with Crippen LogP contribution < -0.4 is 5.32 Å². The number of rotatable bonds is 4. The molecule has 0 atom stereocenters. The second-order valence-electron chi connectivity index (χ2n) is 7.22. The molecule has 0 heterocycles. The van der Waals surface area contributed by atoms with Crippen molar-refractivity contribution in [3.05, 3.63) is 0 Å². The molecule has 2 N–H and O–H groups in total. The van der Waals surface area contributed by atoms with Crippen LogP contribution in [0.1, 0.15) is 60.3 Å². The third-order valence-corrected chi connectivity index (χ3v) is 3.64. The molecule has 0 radical (unpaired) electrons. The predicted molar refractivity (Wildman–Crippen MR) is 69.5 cm³/mol. The molecule has 0 aromatic heterocycles. The highest BCUT2D eigenvalue weighted by atomic mass is 16.3. The van der Waals surface area contributed by atoms with Crippen molar-refractivity contribution in [1.29, 1.82) is 0 Å². The van der Waals surface area contributed by atoms with Crippen molar-refractivity contribution in [2.24, 2.45) is 10.8 Å². The molecule has 0 aliphatic heterocycles. The third-order valence-electron chi connectivity index (χ3n) is 3.64. The van der Waals surface area contributed by atoms with Gasteiger partial charge in [0, 0.05) is 5.54 Å². The minimum Gasteiger partial charge on any atom is -0.394 e. The van der Waals surface area contributed by atoms with Crippen molar-refractivity contribution in [2.75, 3.05) is 13.2 Å². The fraction of sp³-hybridized carbons (Fsp3) is 1.00. The van der Waals surface area contributed by atoms with Crippen LogP contribution in [0.2, 0.25) is 0 Å².